The average Bonchev–Trinajstić information content (AvgIpc) is 2.68. The molecule has 0 radical (unpaired) electrons. The first-order valence-electron chi connectivity index (χ1n) is 6.22. The van der Waals surface area contributed by atoms with Gasteiger partial charge in [-0.15, -0.1) is 11.3 Å². The summed E-state index contributed by atoms with van der Waals surface area (Å²) in [5, 5.41) is 1.08. The molecule has 96 valence electrons. The van der Waals surface area contributed by atoms with Gasteiger partial charge in [0.15, 0.2) is 0 Å². The van der Waals surface area contributed by atoms with E-state index in [1.807, 2.05) is 13.8 Å². The van der Waals surface area contributed by atoms with E-state index in [0.717, 1.165) is 10.7 Å². The molecule has 0 saturated carbocycles. The van der Waals surface area contributed by atoms with Crippen LogP contribution < -0.4 is 5.73 Å². The first kappa shape index (κ1) is 13.2. The third-order valence-electron chi connectivity index (χ3n) is 3.53. The van der Waals surface area contributed by atoms with E-state index in [1.54, 1.807) is 11.3 Å². The standard InChI is InChI=1S/C15H20N2S/c1-8-6-7-13(10(3)9(8)2)15-17-12(5)14(18-15)11(4)16/h6-7,11H,16H2,1-5H3. The molecule has 0 aliphatic carbocycles. The zero-order valence-electron chi connectivity index (χ0n) is 11.7. The number of hydrogen-bond acceptors (Lipinski definition) is 3. The Kier molecular flexibility index (Phi) is 3.55. The lowest BCUT2D eigenvalue weighted by atomic mass is 9.99. The van der Waals surface area contributed by atoms with Gasteiger partial charge in [0.2, 0.25) is 0 Å². The molecule has 0 aliphatic rings. The van der Waals surface area contributed by atoms with E-state index in [4.69, 9.17) is 5.73 Å². The minimum atomic E-state index is 0.0584. The van der Waals surface area contributed by atoms with Crippen LogP contribution in [0.3, 0.4) is 0 Å². The summed E-state index contributed by atoms with van der Waals surface area (Å²) in [6.45, 7) is 10.5. The van der Waals surface area contributed by atoms with Crippen LogP contribution >= 0.6 is 11.3 Å². The monoisotopic (exact) mass is 260 g/mol. The zero-order chi connectivity index (χ0) is 13.4. The Bertz CT molecular complexity index is 582. The van der Waals surface area contributed by atoms with Crippen LogP contribution in [0.1, 0.15) is 40.2 Å². The predicted octanol–water partition coefficient (Wildman–Crippen LogP) is 4.06. The van der Waals surface area contributed by atoms with Gasteiger partial charge in [0.25, 0.3) is 0 Å². The molecule has 1 aromatic carbocycles. The molecule has 0 spiro atoms. The van der Waals surface area contributed by atoms with E-state index in [9.17, 15) is 0 Å². The van der Waals surface area contributed by atoms with Gasteiger partial charge in [0, 0.05) is 16.5 Å². The largest absolute Gasteiger partial charge is 0.323 e. The normalized spacial score (nSPS) is 12.8. The molecule has 2 nitrogen and oxygen atoms in total. The molecule has 2 N–H and O–H groups in total. The Labute approximate surface area is 113 Å². The van der Waals surface area contributed by atoms with Crippen molar-refractivity contribution in [3.63, 3.8) is 0 Å². The lowest BCUT2D eigenvalue weighted by Crippen LogP contribution is -2.03. The van der Waals surface area contributed by atoms with E-state index < -0.39 is 0 Å². The summed E-state index contributed by atoms with van der Waals surface area (Å²) in [6.07, 6.45) is 0. The number of aryl methyl sites for hydroxylation is 2. The SMILES string of the molecule is Cc1ccc(-c2nc(C)c(C(C)N)s2)c(C)c1C. The Balaban J connectivity index is 2.56. The van der Waals surface area contributed by atoms with Crippen molar-refractivity contribution in [3.05, 3.63) is 39.4 Å². The molecule has 0 saturated heterocycles. The second-order valence-electron chi connectivity index (χ2n) is 4.94. The lowest BCUT2D eigenvalue weighted by molar-refractivity contribution is 0.825. The van der Waals surface area contributed by atoms with Gasteiger partial charge in [-0.3, -0.25) is 0 Å². The molecule has 2 aromatic rings. The highest BCUT2D eigenvalue weighted by Crippen LogP contribution is 2.34. The number of nitrogens with two attached hydrogens (primary N) is 1. The van der Waals surface area contributed by atoms with E-state index >= 15 is 0 Å². The Morgan fingerprint density at radius 2 is 1.78 bits per heavy atom. The summed E-state index contributed by atoms with van der Waals surface area (Å²) in [7, 11) is 0. The summed E-state index contributed by atoms with van der Waals surface area (Å²) in [4.78, 5) is 5.86. The maximum Gasteiger partial charge on any atom is 0.124 e. The Hall–Kier alpha value is -1.19. The number of hydrogen-bond donors (Lipinski definition) is 1. The second kappa shape index (κ2) is 4.82. The fourth-order valence-corrected chi connectivity index (χ4v) is 3.23. The smallest absolute Gasteiger partial charge is 0.124 e. The molecule has 3 heteroatoms. The Morgan fingerprint density at radius 3 is 2.33 bits per heavy atom. The molecule has 2 rings (SSSR count). The minimum Gasteiger partial charge on any atom is -0.323 e. The number of thiazole rings is 1. The molecular weight excluding hydrogens is 240 g/mol. The van der Waals surface area contributed by atoms with Crippen LogP contribution in [0.2, 0.25) is 0 Å². The molecule has 1 unspecified atom stereocenters. The van der Waals surface area contributed by atoms with E-state index in [-0.39, 0.29) is 6.04 Å². The minimum absolute atomic E-state index is 0.0584. The van der Waals surface area contributed by atoms with Crippen molar-refractivity contribution < 1.29 is 0 Å². The molecule has 18 heavy (non-hydrogen) atoms. The molecule has 1 heterocycles. The number of nitrogens with zero attached hydrogens (tertiary/aromatic N) is 1. The maximum atomic E-state index is 5.97. The van der Waals surface area contributed by atoms with E-state index in [2.05, 4.69) is 37.9 Å². The average molecular weight is 260 g/mol. The fraction of sp³-hybridized carbons (Fsp3) is 0.400. The van der Waals surface area contributed by atoms with Crippen molar-refractivity contribution >= 4 is 11.3 Å². The van der Waals surface area contributed by atoms with E-state index in [0.29, 0.717) is 0 Å². The summed E-state index contributed by atoms with van der Waals surface area (Å²) in [5.74, 6) is 0. The van der Waals surface area contributed by atoms with Crippen molar-refractivity contribution in [1.82, 2.24) is 4.98 Å². The second-order valence-corrected chi connectivity index (χ2v) is 5.97. The highest BCUT2D eigenvalue weighted by atomic mass is 32.1. The highest BCUT2D eigenvalue weighted by Gasteiger charge is 2.14. The van der Waals surface area contributed by atoms with Crippen molar-refractivity contribution in [2.24, 2.45) is 5.73 Å². The molecule has 0 aliphatic heterocycles. The molecule has 1 atom stereocenters. The maximum absolute atomic E-state index is 5.97. The van der Waals surface area contributed by atoms with Gasteiger partial charge in [-0.2, -0.15) is 0 Å². The van der Waals surface area contributed by atoms with E-state index in [1.165, 1.54) is 27.1 Å². The molecule has 0 amide bonds. The number of aromatic nitrogens is 1. The molecule has 1 aromatic heterocycles. The van der Waals surface area contributed by atoms with Gasteiger partial charge in [-0.25, -0.2) is 4.98 Å². The van der Waals surface area contributed by atoms with Crippen molar-refractivity contribution in [2.45, 2.75) is 40.7 Å². The highest BCUT2D eigenvalue weighted by molar-refractivity contribution is 7.15. The quantitative estimate of drug-likeness (QED) is 0.884. The summed E-state index contributed by atoms with van der Waals surface area (Å²) < 4.78 is 0. The fourth-order valence-electron chi connectivity index (χ4n) is 2.13. The van der Waals surface area contributed by atoms with Crippen LogP contribution in [0.4, 0.5) is 0 Å². The summed E-state index contributed by atoms with van der Waals surface area (Å²) >= 11 is 1.71. The number of rotatable bonds is 2. The first-order valence-corrected chi connectivity index (χ1v) is 7.03. The molecular formula is C15H20N2S. The molecule has 0 bridgehead atoms. The van der Waals surface area contributed by atoms with Crippen molar-refractivity contribution in [2.75, 3.05) is 0 Å². The van der Waals surface area contributed by atoms with Crippen molar-refractivity contribution in [3.8, 4) is 10.6 Å². The Morgan fingerprint density at radius 1 is 1.11 bits per heavy atom. The van der Waals surface area contributed by atoms with Gasteiger partial charge in [0.1, 0.15) is 5.01 Å². The molecule has 0 fully saturated rings. The van der Waals surface area contributed by atoms with Crippen LogP contribution in [0, 0.1) is 27.7 Å². The topological polar surface area (TPSA) is 38.9 Å². The van der Waals surface area contributed by atoms with Crippen LogP contribution in [-0.2, 0) is 0 Å². The van der Waals surface area contributed by atoms with Crippen LogP contribution in [0.15, 0.2) is 12.1 Å². The van der Waals surface area contributed by atoms with Crippen LogP contribution in [-0.4, -0.2) is 4.98 Å². The zero-order valence-corrected chi connectivity index (χ0v) is 12.5. The first-order chi connectivity index (χ1) is 8.41. The lowest BCUT2D eigenvalue weighted by Gasteiger charge is -2.08. The number of benzene rings is 1. The third kappa shape index (κ3) is 2.20. The van der Waals surface area contributed by atoms with Gasteiger partial charge in [0.05, 0.1) is 5.69 Å². The van der Waals surface area contributed by atoms with Crippen molar-refractivity contribution in [1.29, 1.82) is 0 Å². The van der Waals surface area contributed by atoms with Crippen LogP contribution in [0.25, 0.3) is 10.6 Å². The summed E-state index contributed by atoms with van der Waals surface area (Å²) in [5.41, 5.74) is 12.3. The van der Waals surface area contributed by atoms with Crippen LogP contribution in [0.5, 0.6) is 0 Å². The van der Waals surface area contributed by atoms with Gasteiger partial charge in [-0.1, -0.05) is 12.1 Å². The van der Waals surface area contributed by atoms with Gasteiger partial charge >= 0.3 is 0 Å². The van der Waals surface area contributed by atoms with Gasteiger partial charge < -0.3 is 5.73 Å². The van der Waals surface area contributed by atoms with Gasteiger partial charge in [-0.05, 0) is 51.3 Å². The third-order valence-corrected chi connectivity index (χ3v) is 4.93. The predicted molar refractivity (Wildman–Crippen MR) is 79.1 cm³/mol. The summed E-state index contributed by atoms with van der Waals surface area (Å²) in [6, 6.07) is 4.39.